The highest BCUT2D eigenvalue weighted by atomic mass is 16.5. The van der Waals surface area contributed by atoms with Crippen molar-refractivity contribution in [1.29, 1.82) is 0 Å². The predicted octanol–water partition coefficient (Wildman–Crippen LogP) is 2.32. The number of aliphatic hydroxyl groups is 1. The number of amides is 2. The number of methoxy groups -OCH3 is 1. The molecule has 0 saturated carbocycles. The van der Waals surface area contributed by atoms with Crippen LogP contribution in [0.5, 0.6) is 5.75 Å². The first-order valence-electron chi connectivity index (χ1n) is 8.88. The molecule has 0 saturated heterocycles. The van der Waals surface area contributed by atoms with Crippen molar-refractivity contribution in [3.8, 4) is 5.75 Å². The molecule has 2 aromatic rings. The number of aliphatic hydroxyl groups excluding tert-OH is 1. The Balaban J connectivity index is 2.33. The van der Waals surface area contributed by atoms with Gasteiger partial charge in [0, 0.05) is 38.1 Å². The third kappa shape index (κ3) is 4.76. The van der Waals surface area contributed by atoms with Crippen LogP contribution in [0.4, 0.5) is 4.79 Å². The maximum absolute atomic E-state index is 12.9. The number of ether oxygens (including phenoxy) is 1. The molecule has 2 rings (SSSR count). The number of aromatic nitrogens is 2. The van der Waals surface area contributed by atoms with Crippen LogP contribution in [0.2, 0.25) is 0 Å². The van der Waals surface area contributed by atoms with Gasteiger partial charge in [-0.1, -0.05) is 31.5 Å². The number of carbonyl (C=O) groups is 1. The summed E-state index contributed by atoms with van der Waals surface area (Å²) in [4.78, 5) is 18.9. The Morgan fingerprint density at radius 1 is 1.38 bits per heavy atom. The lowest BCUT2D eigenvalue weighted by Gasteiger charge is -2.27. The van der Waals surface area contributed by atoms with E-state index < -0.39 is 6.04 Å². The normalized spacial score (nSPS) is 11.8. The second kappa shape index (κ2) is 9.82. The van der Waals surface area contributed by atoms with Gasteiger partial charge in [0.25, 0.3) is 0 Å². The highest BCUT2D eigenvalue weighted by Crippen LogP contribution is 2.29. The molecule has 0 spiro atoms. The first kappa shape index (κ1) is 19.8. The molecule has 2 N–H and O–H groups in total. The lowest BCUT2D eigenvalue weighted by molar-refractivity contribution is 0.174. The van der Waals surface area contributed by atoms with E-state index in [1.807, 2.05) is 42.1 Å². The molecule has 2 amide bonds. The third-order valence-electron chi connectivity index (χ3n) is 4.27. The topological polar surface area (TPSA) is 79.6 Å². The lowest BCUT2D eigenvalue weighted by Crippen LogP contribution is -2.44. The number of nitrogens with one attached hydrogen (secondary N) is 1. The Hall–Kier alpha value is -2.54. The summed E-state index contributed by atoms with van der Waals surface area (Å²) in [6.07, 6.45) is 5.40. The highest BCUT2D eigenvalue weighted by Gasteiger charge is 2.25. The van der Waals surface area contributed by atoms with E-state index in [1.54, 1.807) is 18.2 Å². The Bertz CT molecular complexity index is 702. The molecule has 0 fully saturated rings. The van der Waals surface area contributed by atoms with Crippen LogP contribution >= 0.6 is 0 Å². The van der Waals surface area contributed by atoms with Gasteiger partial charge in [0.2, 0.25) is 0 Å². The summed E-state index contributed by atoms with van der Waals surface area (Å²) < 4.78 is 7.35. The molecule has 7 heteroatoms. The molecule has 1 atom stereocenters. The molecule has 0 radical (unpaired) electrons. The average molecular weight is 360 g/mol. The maximum Gasteiger partial charge on any atom is 0.318 e. The van der Waals surface area contributed by atoms with E-state index in [-0.39, 0.29) is 12.6 Å². The Kier molecular flexibility index (Phi) is 7.47. The number of rotatable bonds is 9. The van der Waals surface area contributed by atoms with Gasteiger partial charge < -0.3 is 24.6 Å². The van der Waals surface area contributed by atoms with Crippen molar-refractivity contribution in [2.45, 2.75) is 25.8 Å². The van der Waals surface area contributed by atoms with Gasteiger partial charge in [0.1, 0.15) is 17.6 Å². The fourth-order valence-corrected chi connectivity index (χ4v) is 2.84. The molecule has 0 aliphatic carbocycles. The van der Waals surface area contributed by atoms with Crippen LogP contribution in [0, 0.1) is 0 Å². The van der Waals surface area contributed by atoms with Crippen molar-refractivity contribution in [2.75, 3.05) is 26.8 Å². The molecule has 26 heavy (non-hydrogen) atoms. The lowest BCUT2D eigenvalue weighted by atomic mass is 10.0. The molecule has 1 heterocycles. The second-order valence-electron chi connectivity index (χ2n) is 6.09. The largest absolute Gasteiger partial charge is 0.496 e. The molecule has 0 bridgehead atoms. The summed E-state index contributed by atoms with van der Waals surface area (Å²) in [7, 11) is 3.49. The Labute approximate surface area is 154 Å². The van der Waals surface area contributed by atoms with E-state index >= 15 is 0 Å². The van der Waals surface area contributed by atoms with Crippen LogP contribution in [0.3, 0.4) is 0 Å². The number of hydrogen-bond donors (Lipinski definition) is 2. The summed E-state index contributed by atoms with van der Waals surface area (Å²) in [5.41, 5.74) is 0.831. The summed E-state index contributed by atoms with van der Waals surface area (Å²) in [6, 6.07) is 6.88. The monoisotopic (exact) mass is 360 g/mol. The van der Waals surface area contributed by atoms with Crippen LogP contribution in [-0.4, -0.2) is 52.4 Å². The molecule has 0 aliphatic heterocycles. The van der Waals surface area contributed by atoms with Crippen molar-refractivity contribution < 1.29 is 14.6 Å². The van der Waals surface area contributed by atoms with Crippen LogP contribution in [0.15, 0.2) is 36.7 Å². The van der Waals surface area contributed by atoms with Crippen molar-refractivity contribution >= 4 is 6.03 Å². The molecule has 1 aromatic heterocycles. The zero-order valence-corrected chi connectivity index (χ0v) is 15.7. The molecular formula is C19H28N4O3. The van der Waals surface area contributed by atoms with Crippen molar-refractivity contribution in [2.24, 2.45) is 7.05 Å². The van der Waals surface area contributed by atoms with E-state index in [2.05, 4.69) is 17.2 Å². The highest BCUT2D eigenvalue weighted by molar-refractivity contribution is 5.75. The minimum absolute atomic E-state index is 0.0706. The number of benzene rings is 1. The quantitative estimate of drug-likeness (QED) is 0.719. The third-order valence-corrected chi connectivity index (χ3v) is 4.27. The number of urea groups is 1. The minimum Gasteiger partial charge on any atom is -0.496 e. The standard InChI is InChI=1S/C19H28N4O3/c1-4-5-11-23(13-14-24)19(25)21-17(18-20-10-12-22(18)2)15-8-6-7-9-16(15)26-3/h6-10,12,17,24H,4-5,11,13-14H2,1-3H3,(H,21,25). The molecule has 7 nitrogen and oxygen atoms in total. The number of nitrogens with zero attached hydrogens (tertiary/aromatic N) is 3. The van der Waals surface area contributed by atoms with Gasteiger partial charge in [-0.15, -0.1) is 0 Å². The van der Waals surface area contributed by atoms with Gasteiger partial charge in [-0.2, -0.15) is 0 Å². The SMILES string of the molecule is CCCCN(CCO)C(=O)NC(c1ccccc1OC)c1nccn1C. The van der Waals surface area contributed by atoms with Crippen molar-refractivity contribution in [3.63, 3.8) is 0 Å². The van der Waals surface area contributed by atoms with Gasteiger partial charge >= 0.3 is 6.03 Å². The van der Waals surface area contributed by atoms with Gasteiger partial charge in [-0.05, 0) is 12.5 Å². The second-order valence-corrected chi connectivity index (χ2v) is 6.09. The number of unbranched alkanes of at least 4 members (excludes halogenated alkanes) is 1. The summed E-state index contributed by atoms with van der Waals surface area (Å²) in [6.45, 7) is 2.90. The molecule has 1 aromatic carbocycles. The Morgan fingerprint density at radius 3 is 2.77 bits per heavy atom. The van der Waals surface area contributed by atoms with Crippen LogP contribution in [-0.2, 0) is 7.05 Å². The van der Waals surface area contributed by atoms with Crippen molar-refractivity contribution in [3.05, 3.63) is 48.0 Å². The van der Waals surface area contributed by atoms with E-state index in [4.69, 9.17) is 4.74 Å². The van der Waals surface area contributed by atoms with Gasteiger partial charge in [-0.3, -0.25) is 0 Å². The number of hydrogen-bond acceptors (Lipinski definition) is 4. The number of imidazole rings is 1. The zero-order chi connectivity index (χ0) is 18.9. The predicted molar refractivity (Wildman–Crippen MR) is 100 cm³/mol. The zero-order valence-electron chi connectivity index (χ0n) is 15.7. The molecule has 142 valence electrons. The van der Waals surface area contributed by atoms with Crippen LogP contribution in [0.1, 0.15) is 37.2 Å². The molecule has 0 aliphatic rings. The average Bonchev–Trinajstić information content (AvgIpc) is 3.08. The van der Waals surface area contributed by atoms with Crippen molar-refractivity contribution in [1.82, 2.24) is 19.8 Å². The van der Waals surface area contributed by atoms with Gasteiger partial charge in [-0.25, -0.2) is 9.78 Å². The molecular weight excluding hydrogens is 332 g/mol. The van der Waals surface area contributed by atoms with E-state index in [0.717, 1.165) is 18.4 Å². The van der Waals surface area contributed by atoms with E-state index in [0.29, 0.717) is 24.7 Å². The number of aryl methyl sites for hydroxylation is 1. The maximum atomic E-state index is 12.9. The smallest absolute Gasteiger partial charge is 0.318 e. The first-order valence-corrected chi connectivity index (χ1v) is 8.88. The van der Waals surface area contributed by atoms with Gasteiger partial charge in [0.05, 0.1) is 13.7 Å². The van der Waals surface area contributed by atoms with E-state index in [9.17, 15) is 9.90 Å². The van der Waals surface area contributed by atoms with Gasteiger partial charge in [0.15, 0.2) is 0 Å². The summed E-state index contributed by atoms with van der Waals surface area (Å²) in [5, 5.41) is 12.3. The minimum atomic E-state index is -0.457. The fraction of sp³-hybridized carbons (Fsp3) is 0.474. The first-order chi connectivity index (χ1) is 12.6. The summed E-state index contributed by atoms with van der Waals surface area (Å²) in [5.74, 6) is 1.39. The Morgan fingerprint density at radius 2 is 2.15 bits per heavy atom. The fourth-order valence-electron chi connectivity index (χ4n) is 2.84. The van der Waals surface area contributed by atoms with E-state index in [1.165, 1.54) is 0 Å². The molecule has 1 unspecified atom stereocenters. The number of para-hydroxylation sites is 1. The number of carbonyl (C=O) groups excluding carboxylic acids is 1. The summed E-state index contributed by atoms with van der Waals surface area (Å²) >= 11 is 0. The van der Waals surface area contributed by atoms with Crippen LogP contribution < -0.4 is 10.1 Å². The van der Waals surface area contributed by atoms with Crippen LogP contribution in [0.25, 0.3) is 0 Å².